The van der Waals surface area contributed by atoms with Crippen LogP contribution >= 0.6 is 75.9 Å². The zero-order chi connectivity index (χ0) is 19.8. The van der Waals surface area contributed by atoms with Gasteiger partial charge in [0.25, 0.3) is 0 Å². The standard InChI is InChI=1S/C22H22Br4S/c1-2-3-4-5-6-7-15-8-10-16(11-9-15)19(27)13-12-17-14-18(23)21(25)22(26)20(17)24/h8-14H,2-7H2,1H3. The van der Waals surface area contributed by atoms with Crippen molar-refractivity contribution in [1.82, 2.24) is 0 Å². The van der Waals surface area contributed by atoms with E-state index in [1.54, 1.807) is 0 Å². The minimum absolute atomic E-state index is 0.839. The summed E-state index contributed by atoms with van der Waals surface area (Å²) in [7, 11) is 0. The van der Waals surface area contributed by atoms with Gasteiger partial charge in [0.15, 0.2) is 0 Å². The molecule has 2 aromatic rings. The quantitative estimate of drug-likeness (QED) is 0.0659. The highest BCUT2D eigenvalue weighted by Gasteiger charge is 2.10. The molecule has 0 aliphatic rings. The summed E-state index contributed by atoms with van der Waals surface area (Å²) in [5.74, 6) is 0. The maximum absolute atomic E-state index is 5.60. The average molecular weight is 638 g/mol. The molecule has 144 valence electrons. The molecule has 0 fully saturated rings. The fourth-order valence-corrected chi connectivity index (χ4v) is 5.12. The van der Waals surface area contributed by atoms with Crippen molar-refractivity contribution < 1.29 is 0 Å². The molecule has 2 rings (SSSR count). The second-order valence-corrected chi connectivity index (χ2v) is 10.1. The molecule has 0 atom stereocenters. The van der Waals surface area contributed by atoms with E-state index in [0.29, 0.717) is 0 Å². The highest BCUT2D eigenvalue weighted by atomic mass is 79.9. The lowest BCUT2D eigenvalue weighted by Gasteiger charge is -2.07. The number of allylic oxidation sites excluding steroid dienone is 1. The maximum Gasteiger partial charge on any atom is 0.0477 e. The molecule has 0 spiro atoms. The Morgan fingerprint density at radius 3 is 2.22 bits per heavy atom. The zero-order valence-corrected chi connectivity index (χ0v) is 22.4. The van der Waals surface area contributed by atoms with Crippen molar-refractivity contribution in [2.45, 2.75) is 45.4 Å². The molecule has 0 amide bonds. The van der Waals surface area contributed by atoms with Crippen molar-refractivity contribution in [1.29, 1.82) is 0 Å². The molecule has 0 heterocycles. The van der Waals surface area contributed by atoms with Crippen LogP contribution in [0.2, 0.25) is 0 Å². The van der Waals surface area contributed by atoms with Gasteiger partial charge in [-0.15, -0.1) is 0 Å². The summed E-state index contributed by atoms with van der Waals surface area (Å²) in [4.78, 5) is 0.839. The van der Waals surface area contributed by atoms with Gasteiger partial charge in [-0.1, -0.05) is 75.2 Å². The third-order valence-electron chi connectivity index (χ3n) is 4.35. The second-order valence-electron chi connectivity index (χ2n) is 6.45. The third-order valence-corrected chi connectivity index (χ3v) is 9.42. The van der Waals surface area contributed by atoms with E-state index >= 15 is 0 Å². The largest absolute Gasteiger partial charge is 0.0795 e. The molecule has 0 radical (unpaired) electrons. The van der Waals surface area contributed by atoms with Gasteiger partial charge in [0.2, 0.25) is 0 Å². The molecular weight excluding hydrogens is 616 g/mol. The molecule has 0 aromatic heterocycles. The molecular formula is C22H22Br4S. The minimum atomic E-state index is 0.839. The lowest BCUT2D eigenvalue weighted by Crippen LogP contribution is -1.94. The third kappa shape index (κ3) is 7.18. The number of halogens is 4. The summed E-state index contributed by atoms with van der Waals surface area (Å²) >= 11 is 19.9. The maximum atomic E-state index is 5.60. The van der Waals surface area contributed by atoms with Crippen molar-refractivity contribution in [2.24, 2.45) is 0 Å². The Balaban J connectivity index is 1.99. The highest BCUT2D eigenvalue weighted by Crippen LogP contribution is 2.39. The van der Waals surface area contributed by atoms with Crippen molar-refractivity contribution in [3.8, 4) is 0 Å². The molecule has 0 aliphatic carbocycles. The SMILES string of the molecule is CCCCCCCc1ccc(C(=S)C=Cc2cc(Br)c(Br)c(Br)c2Br)cc1. The highest BCUT2D eigenvalue weighted by molar-refractivity contribution is 9.15. The fourth-order valence-electron chi connectivity index (χ4n) is 2.74. The first-order chi connectivity index (χ1) is 12.9. The van der Waals surface area contributed by atoms with E-state index in [0.717, 1.165) is 40.3 Å². The second kappa shape index (κ2) is 12.0. The normalized spacial score (nSPS) is 11.3. The first kappa shape index (κ1) is 23.5. The number of benzene rings is 2. The van der Waals surface area contributed by atoms with Crippen molar-refractivity contribution in [2.75, 3.05) is 0 Å². The van der Waals surface area contributed by atoms with E-state index in [1.807, 2.05) is 12.2 Å². The van der Waals surface area contributed by atoms with Gasteiger partial charge >= 0.3 is 0 Å². The molecule has 0 aliphatic heterocycles. The molecule has 27 heavy (non-hydrogen) atoms. The van der Waals surface area contributed by atoms with Crippen LogP contribution in [0.25, 0.3) is 6.08 Å². The van der Waals surface area contributed by atoms with Crippen LogP contribution in [0.4, 0.5) is 0 Å². The lowest BCUT2D eigenvalue weighted by atomic mass is 10.0. The predicted octanol–water partition coefficient (Wildman–Crippen LogP) is 9.68. The van der Waals surface area contributed by atoms with Crippen LogP contribution in [-0.4, -0.2) is 4.86 Å². The molecule has 0 saturated heterocycles. The molecule has 0 bridgehead atoms. The summed E-state index contributed by atoms with van der Waals surface area (Å²) < 4.78 is 3.95. The van der Waals surface area contributed by atoms with Gasteiger partial charge in [0, 0.05) is 22.8 Å². The molecule has 0 unspecified atom stereocenters. The number of rotatable bonds is 9. The summed E-state index contributed by atoms with van der Waals surface area (Å²) in [6.45, 7) is 2.25. The van der Waals surface area contributed by atoms with Crippen LogP contribution in [0, 0.1) is 0 Å². The smallest absolute Gasteiger partial charge is 0.0477 e. The average Bonchev–Trinajstić information content (AvgIpc) is 2.68. The summed E-state index contributed by atoms with van der Waals surface area (Å²) in [6, 6.07) is 10.7. The van der Waals surface area contributed by atoms with Crippen LogP contribution < -0.4 is 0 Å². The number of hydrogen-bond donors (Lipinski definition) is 0. The summed E-state index contributed by atoms with van der Waals surface area (Å²) in [5, 5.41) is 0. The Morgan fingerprint density at radius 2 is 1.56 bits per heavy atom. The van der Waals surface area contributed by atoms with Crippen molar-refractivity contribution >= 4 is 86.9 Å². The number of unbranched alkanes of at least 4 members (excludes halogenated alkanes) is 4. The first-order valence-electron chi connectivity index (χ1n) is 9.08. The molecule has 0 N–H and O–H groups in total. The Labute approximate surface area is 201 Å². The van der Waals surface area contributed by atoms with Gasteiger partial charge < -0.3 is 0 Å². The van der Waals surface area contributed by atoms with E-state index in [4.69, 9.17) is 12.2 Å². The minimum Gasteiger partial charge on any atom is -0.0795 e. The Kier molecular flexibility index (Phi) is 10.4. The predicted molar refractivity (Wildman–Crippen MR) is 137 cm³/mol. The Hall–Kier alpha value is 0.190. The molecule has 0 saturated carbocycles. The first-order valence-corrected chi connectivity index (χ1v) is 12.7. The van der Waals surface area contributed by atoms with E-state index in [2.05, 4.69) is 101 Å². The summed E-state index contributed by atoms with van der Waals surface area (Å²) in [5.41, 5.74) is 3.54. The Morgan fingerprint density at radius 1 is 0.889 bits per heavy atom. The van der Waals surface area contributed by atoms with Crippen LogP contribution in [0.1, 0.15) is 55.7 Å². The number of aryl methyl sites for hydroxylation is 1. The van der Waals surface area contributed by atoms with E-state index in [9.17, 15) is 0 Å². The van der Waals surface area contributed by atoms with E-state index < -0.39 is 0 Å². The van der Waals surface area contributed by atoms with E-state index in [1.165, 1.54) is 37.7 Å². The van der Waals surface area contributed by atoms with Crippen LogP contribution in [0.15, 0.2) is 54.3 Å². The number of thiocarbonyl (C=S) groups is 1. The fraction of sp³-hybridized carbons (Fsp3) is 0.318. The molecule has 2 aromatic carbocycles. The monoisotopic (exact) mass is 634 g/mol. The Bertz CT molecular complexity index is 810. The van der Waals surface area contributed by atoms with Gasteiger partial charge in [0.1, 0.15) is 0 Å². The zero-order valence-electron chi connectivity index (χ0n) is 15.2. The van der Waals surface area contributed by atoms with Gasteiger partial charge in [-0.3, -0.25) is 0 Å². The van der Waals surface area contributed by atoms with Crippen molar-refractivity contribution in [3.63, 3.8) is 0 Å². The molecule has 0 nitrogen and oxygen atoms in total. The van der Waals surface area contributed by atoms with Crippen LogP contribution in [0.3, 0.4) is 0 Å². The molecule has 5 heteroatoms. The van der Waals surface area contributed by atoms with Gasteiger partial charge in [-0.25, -0.2) is 0 Å². The topological polar surface area (TPSA) is 0 Å². The van der Waals surface area contributed by atoms with Crippen LogP contribution in [0.5, 0.6) is 0 Å². The van der Waals surface area contributed by atoms with Gasteiger partial charge in [-0.05, 0) is 105 Å². The lowest BCUT2D eigenvalue weighted by molar-refractivity contribution is 0.632. The summed E-state index contributed by atoms with van der Waals surface area (Å²) in [6.07, 6.45) is 11.8. The number of hydrogen-bond acceptors (Lipinski definition) is 1. The van der Waals surface area contributed by atoms with Gasteiger partial charge in [-0.2, -0.15) is 0 Å². The van der Waals surface area contributed by atoms with Crippen LogP contribution in [-0.2, 0) is 6.42 Å². The van der Waals surface area contributed by atoms with Crippen molar-refractivity contribution in [3.05, 3.63) is 71.0 Å². The van der Waals surface area contributed by atoms with E-state index in [-0.39, 0.29) is 0 Å². The van der Waals surface area contributed by atoms with Gasteiger partial charge in [0.05, 0.1) is 0 Å².